The third-order valence-corrected chi connectivity index (χ3v) is 4.88. The summed E-state index contributed by atoms with van der Waals surface area (Å²) in [6.07, 6.45) is 16.0. The molecule has 0 aromatic heterocycles. The van der Waals surface area contributed by atoms with Crippen molar-refractivity contribution < 1.29 is 30.3 Å². The lowest BCUT2D eigenvalue weighted by Gasteiger charge is -2.06. The van der Waals surface area contributed by atoms with Gasteiger partial charge in [-0.3, -0.25) is 4.55 Å². The average Bonchev–Trinajstić information content (AvgIpc) is 2.41. The smallest absolute Gasteiger partial charge is 0.264 e. The number of rotatable bonds is 16. The number of unbranched alkanes of at least 4 members (excludes halogenated alkanes) is 12. The molecule has 0 aliphatic rings. The zero-order valence-corrected chi connectivity index (χ0v) is 16.7. The number of halogens is 1. The van der Waals surface area contributed by atoms with Crippen LogP contribution in [0, 0.1) is 0 Å². The van der Waals surface area contributed by atoms with Crippen LogP contribution < -0.4 is 17.3 Å². The molecule has 0 aromatic carbocycles. The molecule has 0 aliphatic carbocycles. The van der Waals surface area contributed by atoms with Crippen LogP contribution in [0.2, 0.25) is 0 Å². The molecule has 0 atom stereocenters. The number of nitrogens with one attached hydrogen (secondary N) is 1. The molecule has 142 valence electrons. The molecule has 0 aromatic rings. The molecule has 0 unspecified atom stereocenters. The first-order chi connectivity index (χ1) is 10.4. The average molecular weight is 372 g/mol. The van der Waals surface area contributed by atoms with Crippen LogP contribution in [-0.2, 0) is 10.1 Å². The van der Waals surface area contributed by atoms with Gasteiger partial charge >= 0.3 is 0 Å². The second-order valence-electron chi connectivity index (χ2n) is 6.84. The van der Waals surface area contributed by atoms with Crippen molar-refractivity contribution in [3.8, 4) is 0 Å². The molecule has 0 spiro atoms. The third-order valence-electron chi connectivity index (χ3n) is 4.08. The van der Waals surface area contributed by atoms with Crippen LogP contribution in [0.5, 0.6) is 0 Å². The summed E-state index contributed by atoms with van der Waals surface area (Å²) in [5.74, 6) is -0.0805. The van der Waals surface area contributed by atoms with Gasteiger partial charge in [-0.15, -0.1) is 0 Å². The van der Waals surface area contributed by atoms with E-state index < -0.39 is 10.1 Å². The summed E-state index contributed by atoms with van der Waals surface area (Å²) in [6.45, 7) is 1.30. The van der Waals surface area contributed by atoms with Crippen molar-refractivity contribution in [2.24, 2.45) is 0 Å². The maximum atomic E-state index is 10.5. The van der Waals surface area contributed by atoms with E-state index in [0.717, 1.165) is 12.8 Å². The highest BCUT2D eigenvalue weighted by atomic mass is 35.5. The van der Waals surface area contributed by atoms with Gasteiger partial charge in [-0.05, 0) is 19.3 Å². The molecule has 4 nitrogen and oxygen atoms in total. The van der Waals surface area contributed by atoms with Crippen LogP contribution in [0.1, 0.15) is 83.5 Å². The van der Waals surface area contributed by atoms with Gasteiger partial charge in [0.1, 0.15) is 0 Å². The predicted octanol–water partition coefficient (Wildman–Crippen LogP) is 0.0940. The fourth-order valence-electron chi connectivity index (χ4n) is 2.71. The number of quaternary nitrogens is 1. The van der Waals surface area contributed by atoms with Crippen LogP contribution >= 0.6 is 0 Å². The summed E-state index contributed by atoms with van der Waals surface area (Å²) in [6, 6.07) is 0. The first-order valence-corrected chi connectivity index (χ1v) is 10.8. The van der Waals surface area contributed by atoms with Crippen LogP contribution in [0.3, 0.4) is 0 Å². The first kappa shape index (κ1) is 25.4. The molecule has 0 aliphatic heterocycles. The van der Waals surface area contributed by atoms with Crippen molar-refractivity contribution in [2.75, 3.05) is 26.4 Å². The van der Waals surface area contributed by atoms with Crippen molar-refractivity contribution in [1.82, 2.24) is 0 Å². The molecule has 0 bridgehead atoms. The van der Waals surface area contributed by atoms with Crippen molar-refractivity contribution in [3.05, 3.63) is 0 Å². The van der Waals surface area contributed by atoms with E-state index in [-0.39, 0.29) is 18.2 Å². The normalized spacial score (nSPS) is 11.7. The van der Waals surface area contributed by atoms with E-state index in [0.29, 0.717) is 6.42 Å². The van der Waals surface area contributed by atoms with Crippen LogP contribution in [0.4, 0.5) is 0 Å². The highest BCUT2D eigenvalue weighted by molar-refractivity contribution is 7.85. The Hall–Kier alpha value is 0.160. The highest BCUT2D eigenvalue weighted by Gasteiger charge is 2.02. The molecule has 2 N–H and O–H groups in total. The van der Waals surface area contributed by atoms with Gasteiger partial charge in [-0.2, -0.15) is 8.42 Å². The van der Waals surface area contributed by atoms with Gasteiger partial charge in [0, 0.05) is 0 Å². The lowest BCUT2D eigenvalue weighted by Crippen LogP contribution is -3.05. The molecular formula is C17H38ClNO3S. The van der Waals surface area contributed by atoms with Gasteiger partial charge in [-0.1, -0.05) is 64.2 Å². The topological polar surface area (TPSA) is 58.8 Å². The Balaban J connectivity index is 0. The Labute approximate surface area is 150 Å². The Bertz CT molecular complexity index is 335. The molecule has 0 radical (unpaired) electrons. The van der Waals surface area contributed by atoms with E-state index in [9.17, 15) is 8.42 Å². The minimum atomic E-state index is -3.75. The van der Waals surface area contributed by atoms with Crippen molar-refractivity contribution >= 4 is 10.1 Å². The molecule has 0 fully saturated rings. The van der Waals surface area contributed by atoms with Crippen LogP contribution in [-0.4, -0.2) is 39.4 Å². The quantitative estimate of drug-likeness (QED) is 0.299. The van der Waals surface area contributed by atoms with Crippen molar-refractivity contribution in [3.63, 3.8) is 0 Å². The molecule has 23 heavy (non-hydrogen) atoms. The summed E-state index contributed by atoms with van der Waals surface area (Å²) in [5, 5.41) is 0. The summed E-state index contributed by atoms with van der Waals surface area (Å²) in [4.78, 5) is 1.55. The Morgan fingerprint density at radius 2 is 0.957 bits per heavy atom. The minimum absolute atomic E-state index is 0. The zero-order chi connectivity index (χ0) is 16.7. The first-order valence-electron chi connectivity index (χ1n) is 9.16. The SMILES string of the molecule is C[NH+](C)CCCCCCCCCCCCCCCS(=O)(=O)O.[Cl-]. The molecule has 6 heteroatoms. The van der Waals surface area contributed by atoms with E-state index in [1.165, 1.54) is 70.8 Å². The fraction of sp³-hybridized carbons (Fsp3) is 1.00. The Morgan fingerprint density at radius 3 is 1.26 bits per heavy atom. The molecule has 0 saturated heterocycles. The van der Waals surface area contributed by atoms with Gasteiger partial charge in [0.05, 0.1) is 26.4 Å². The lowest BCUT2D eigenvalue weighted by atomic mass is 10.0. The lowest BCUT2D eigenvalue weighted by molar-refractivity contribution is -0.858. The van der Waals surface area contributed by atoms with Crippen LogP contribution in [0.25, 0.3) is 0 Å². The molecule has 0 heterocycles. The molecular weight excluding hydrogens is 334 g/mol. The van der Waals surface area contributed by atoms with Gasteiger partial charge in [0.2, 0.25) is 0 Å². The highest BCUT2D eigenvalue weighted by Crippen LogP contribution is 2.12. The van der Waals surface area contributed by atoms with E-state index >= 15 is 0 Å². The maximum absolute atomic E-state index is 10.5. The molecule has 0 saturated carbocycles. The largest absolute Gasteiger partial charge is 1.00 e. The van der Waals surface area contributed by atoms with Crippen molar-refractivity contribution in [2.45, 2.75) is 83.5 Å². The summed E-state index contributed by atoms with van der Waals surface area (Å²) < 4.78 is 29.7. The Kier molecular flexibility index (Phi) is 18.8. The number of hydrogen-bond donors (Lipinski definition) is 2. The maximum Gasteiger partial charge on any atom is 0.264 e. The third kappa shape index (κ3) is 24.5. The summed E-state index contributed by atoms with van der Waals surface area (Å²) in [5.41, 5.74) is 0. The van der Waals surface area contributed by atoms with Gasteiger partial charge in [-0.25, -0.2) is 0 Å². The molecule has 0 amide bonds. The van der Waals surface area contributed by atoms with E-state index in [2.05, 4.69) is 14.1 Å². The van der Waals surface area contributed by atoms with E-state index in [1.807, 2.05) is 0 Å². The summed E-state index contributed by atoms with van der Waals surface area (Å²) in [7, 11) is 0.688. The minimum Gasteiger partial charge on any atom is -1.00 e. The monoisotopic (exact) mass is 371 g/mol. The van der Waals surface area contributed by atoms with Gasteiger partial charge in [0.15, 0.2) is 0 Å². The summed E-state index contributed by atoms with van der Waals surface area (Å²) >= 11 is 0. The second-order valence-corrected chi connectivity index (χ2v) is 8.41. The van der Waals surface area contributed by atoms with Gasteiger partial charge < -0.3 is 17.3 Å². The number of hydrogen-bond acceptors (Lipinski definition) is 2. The second kappa shape index (κ2) is 17.0. The predicted molar refractivity (Wildman–Crippen MR) is 94.1 cm³/mol. The Morgan fingerprint density at radius 1 is 0.652 bits per heavy atom. The van der Waals surface area contributed by atoms with E-state index in [1.54, 1.807) is 4.90 Å². The molecule has 0 rings (SSSR count). The zero-order valence-electron chi connectivity index (χ0n) is 15.2. The van der Waals surface area contributed by atoms with E-state index in [4.69, 9.17) is 4.55 Å². The van der Waals surface area contributed by atoms with Gasteiger partial charge in [0.25, 0.3) is 10.1 Å². The van der Waals surface area contributed by atoms with Crippen molar-refractivity contribution in [1.29, 1.82) is 0 Å². The fourth-order valence-corrected chi connectivity index (χ4v) is 3.28. The van der Waals surface area contributed by atoms with Crippen LogP contribution in [0.15, 0.2) is 0 Å². The standard InChI is InChI=1S/C17H37NO3S.ClH/c1-18(2)16-14-12-10-8-6-4-3-5-7-9-11-13-15-17-22(19,20)21;/h3-17H2,1-2H3,(H,19,20,21);1H.